The molecule has 4 aliphatic rings. The number of hydroxylamine groups is 2. The second-order valence-electron chi connectivity index (χ2n) is 7.48. The summed E-state index contributed by atoms with van der Waals surface area (Å²) in [7, 11) is 0. The predicted molar refractivity (Wildman–Crippen MR) is 82.8 cm³/mol. The molecule has 5 rings (SSSR count). The summed E-state index contributed by atoms with van der Waals surface area (Å²) in [6, 6.07) is 7.93. The summed E-state index contributed by atoms with van der Waals surface area (Å²) < 4.78 is 5.56. The zero-order valence-electron chi connectivity index (χ0n) is 13.7. The molecule has 1 aromatic carbocycles. The van der Waals surface area contributed by atoms with Crippen LogP contribution < -0.4 is 9.68 Å². The van der Waals surface area contributed by atoms with Crippen LogP contribution in [0.5, 0.6) is 11.5 Å². The Morgan fingerprint density at radius 2 is 1.83 bits per heavy atom. The van der Waals surface area contributed by atoms with E-state index in [0.29, 0.717) is 30.0 Å². The number of para-hydroxylation sites is 2. The molecular weight excluding hydrogens is 296 g/mol. The Hall–Kier alpha value is -1.95. The second kappa shape index (κ2) is 5.03. The molecule has 0 aromatic heterocycles. The summed E-state index contributed by atoms with van der Waals surface area (Å²) in [6.07, 6.45) is 1.86. The summed E-state index contributed by atoms with van der Waals surface area (Å²) >= 11 is 0. The third-order valence-corrected chi connectivity index (χ3v) is 4.63. The lowest BCUT2D eigenvalue weighted by atomic mass is 9.83. The first kappa shape index (κ1) is 14.6. The van der Waals surface area contributed by atoms with Crippen LogP contribution in [0.2, 0.25) is 0 Å². The van der Waals surface area contributed by atoms with Crippen LogP contribution in [0, 0.1) is 5.92 Å². The molecule has 0 N–H and O–H groups in total. The van der Waals surface area contributed by atoms with Gasteiger partial charge in [-0.15, -0.1) is 0 Å². The van der Waals surface area contributed by atoms with Gasteiger partial charge in [-0.2, -0.15) is 0 Å². The number of ether oxygens (including phenoxy) is 1. The van der Waals surface area contributed by atoms with Crippen molar-refractivity contribution < 1.29 is 19.2 Å². The Morgan fingerprint density at radius 1 is 1.22 bits per heavy atom. The quantitative estimate of drug-likeness (QED) is 0.839. The van der Waals surface area contributed by atoms with Gasteiger partial charge in [0.05, 0.1) is 12.6 Å². The molecule has 124 valence electrons. The lowest BCUT2D eigenvalue weighted by molar-refractivity contribution is -0.232. The molecule has 6 heteroatoms. The summed E-state index contributed by atoms with van der Waals surface area (Å²) in [4.78, 5) is 25.8. The van der Waals surface area contributed by atoms with E-state index in [9.17, 15) is 4.79 Å². The van der Waals surface area contributed by atoms with E-state index in [1.165, 1.54) is 5.23 Å². The molecule has 3 heterocycles. The fourth-order valence-electron chi connectivity index (χ4n) is 3.57. The number of hydrogen-bond donors (Lipinski definition) is 0. The van der Waals surface area contributed by atoms with Crippen molar-refractivity contribution in [1.82, 2.24) is 10.1 Å². The van der Waals surface area contributed by atoms with E-state index in [1.54, 1.807) is 0 Å². The van der Waals surface area contributed by atoms with Crippen LogP contribution in [-0.4, -0.2) is 40.4 Å². The largest absolute Gasteiger partial charge is 0.444 e. The second-order valence-corrected chi connectivity index (χ2v) is 7.48. The van der Waals surface area contributed by atoms with Crippen LogP contribution in [0.25, 0.3) is 0 Å². The number of carbonyl (C=O) groups is 1. The fraction of sp³-hybridized carbons (Fsp3) is 0.588. The maximum Gasteiger partial charge on any atom is 0.410 e. The van der Waals surface area contributed by atoms with Gasteiger partial charge < -0.3 is 19.3 Å². The molecule has 23 heavy (non-hydrogen) atoms. The van der Waals surface area contributed by atoms with E-state index in [4.69, 9.17) is 14.4 Å². The van der Waals surface area contributed by atoms with Crippen LogP contribution in [-0.2, 0) is 4.74 Å². The fourth-order valence-corrected chi connectivity index (χ4v) is 3.57. The van der Waals surface area contributed by atoms with Crippen molar-refractivity contribution in [3.63, 3.8) is 0 Å². The van der Waals surface area contributed by atoms with Gasteiger partial charge in [-0.3, -0.25) is 0 Å². The standard InChI is InChI=1S/C17H22N2O4/c1-17(2,3)21-16(20)19-12-8-11(9-12)13(19)10-18-22-14-6-4-5-7-15(14)23-18/h4-7,11-13H,8-10H2,1-3H3. The van der Waals surface area contributed by atoms with Crippen molar-refractivity contribution in [2.75, 3.05) is 6.54 Å². The number of rotatable bonds is 2. The maximum absolute atomic E-state index is 12.5. The highest BCUT2D eigenvalue weighted by Crippen LogP contribution is 2.47. The Bertz CT molecular complexity index is 596. The molecule has 0 spiro atoms. The summed E-state index contributed by atoms with van der Waals surface area (Å²) in [5, 5.41) is 1.48. The van der Waals surface area contributed by atoms with Gasteiger partial charge in [0.25, 0.3) is 0 Å². The molecule has 2 bridgehead atoms. The molecule has 2 saturated heterocycles. The number of hydrogen-bond acceptors (Lipinski definition) is 5. The topological polar surface area (TPSA) is 51.2 Å². The van der Waals surface area contributed by atoms with Crippen LogP contribution in [0.3, 0.4) is 0 Å². The third-order valence-electron chi connectivity index (χ3n) is 4.63. The summed E-state index contributed by atoms with van der Waals surface area (Å²) in [6.45, 7) is 6.20. The number of nitrogens with zero attached hydrogens (tertiary/aromatic N) is 2. The van der Waals surface area contributed by atoms with E-state index in [1.807, 2.05) is 49.9 Å². The molecule has 6 nitrogen and oxygen atoms in total. The number of amides is 1. The van der Waals surface area contributed by atoms with Gasteiger partial charge in [-0.05, 0) is 51.7 Å². The third kappa shape index (κ3) is 2.61. The van der Waals surface area contributed by atoms with Gasteiger partial charge in [-0.1, -0.05) is 12.1 Å². The van der Waals surface area contributed by atoms with Gasteiger partial charge in [0.1, 0.15) is 5.60 Å². The first-order valence-electron chi connectivity index (χ1n) is 8.14. The van der Waals surface area contributed by atoms with E-state index in [2.05, 4.69) is 0 Å². The highest BCUT2D eigenvalue weighted by atomic mass is 17.0. The van der Waals surface area contributed by atoms with Gasteiger partial charge in [0, 0.05) is 11.3 Å². The van der Waals surface area contributed by atoms with E-state index >= 15 is 0 Å². The number of carbonyl (C=O) groups excluding carboxylic acids is 1. The van der Waals surface area contributed by atoms with Gasteiger partial charge in [0.15, 0.2) is 11.5 Å². The molecule has 1 amide bonds. The summed E-state index contributed by atoms with van der Waals surface area (Å²) in [5.41, 5.74) is -0.481. The Labute approximate surface area is 135 Å². The molecule has 1 unspecified atom stereocenters. The van der Waals surface area contributed by atoms with E-state index in [-0.39, 0.29) is 12.1 Å². The zero-order chi connectivity index (χ0) is 16.2. The molecule has 3 fully saturated rings. The molecule has 1 aliphatic carbocycles. The molecule has 1 saturated carbocycles. The van der Waals surface area contributed by atoms with Crippen LogP contribution in [0.4, 0.5) is 4.79 Å². The lowest BCUT2D eigenvalue weighted by Gasteiger charge is -2.30. The maximum atomic E-state index is 12.5. The van der Waals surface area contributed by atoms with Gasteiger partial charge in [-0.25, -0.2) is 4.79 Å². The van der Waals surface area contributed by atoms with E-state index in [0.717, 1.165) is 12.8 Å². The highest BCUT2D eigenvalue weighted by molar-refractivity contribution is 5.70. The number of benzene rings is 1. The highest BCUT2D eigenvalue weighted by Gasteiger charge is 2.54. The van der Waals surface area contributed by atoms with E-state index < -0.39 is 5.60 Å². The minimum Gasteiger partial charge on any atom is -0.444 e. The molecule has 0 radical (unpaired) electrons. The summed E-state index contributed by atoms with van der Waals surface area (Å²) in [5.74, 6) is 1.92. The molecule has 1 atom stereocenters. The van der Waals surface area contributed by atoms with Crippen molar-refractivity contribution in [3.8, 4) is 11.5 Å². The molecule has 1 aromatic rings. The first-order chi connectivity index (χ1) is 10.9. The number of fused-ring (bicyclic) bond motifs is 2. The first-order valence-corrected chi connectivity index (χ1v) is 8.14. The van der Waals surface area contributed by atoms with Crippen molar-refractivity contribution in [1.29, 1.82) is 0 Å². The monoisotopic (exact) mass is 318 g/mol. The van der Waals surface area contributed by atoms with Gasteiger partial charge in [0.2, 0.25) is 0 Å². The van der Waals surface area contributed by atoms with Gasteiger partial charge >= 0.3 is 6.09 Å². The van der Waals surface area contributed by atoms with Crippen molar-refractivity contribution >= 4 is 6.09 Å². The van der Waals surface area contributed by atoms with Crippen LogP contribution >= 0.6 is 0 Å². The minimum atomic E-state index is -0.481. The lowest BCUT2D eigenvalue weighted by Crippen LogP contribution is -2.46. The smallest absolute Gasteiger partial charge is 0.410 e. The zero-order valence-corrected chi connectivity index (χ0v) is 13.7. The average molecular weight is 318 g/mol. The Morgan fingerprint density at radius 3 is 2.39 bits per heavy atom. The van der Waals surface area contributed by atoms with Crippen LogP contribution in [0.15, 0.2) is 24.3 Å². The minimum absolute atomic E-state index is 0.0733. The Balaban J connectivity index is 1.44. The predicted octanol–water partition coefficient (Wildman–Crippen LogP) is 2.99. The Kier molecular flexibility index (Phi) is 3.20. The SMILES string of the molecule is CC(C)(C)OC(=O)N1C2CC(C2)C1CN1Oc2ccccc2O1. The molecular formula is C17H22N2O4. The van der Waals surface area contributed by atoms with Crippen molar-refractivity contribution in [2.45, 2.75) is 51.3 Å². The molecule has 3 aliphatic heterocycles. The average Bonchev–Trinajstić information content (AvgIpc) is 3.04. The van der Waals surface area contributed by atoms with Crippen molar-refractivity contribution in [3.05, 3.63) is 24.3 Å². The normalized spacial score (nSPS) is 28.7. The van der Waals surface area contributed by atoms with Crippen molar-refractivity contribution in [2.24, 2.45) is 5.92 Å². The van der Waals surface area contributed by atoms with Crippen LogP contribution in [0.1, 0.15) is 33.6 Å².